The van der Waals surface area contributed by atoms with E-state index in [-0.39, 0.29) is 41.4 Å². The lowest BCUT2D eigenvalue weighted by Gasteiger charge is -2.30. The first-order valence-electron chi connectivity index (χ1n) is 10.9. The quantitative estimate of drug-likeness (QED) is 0.420. The molecule has 1 aliphatic heterocycles. The van der Waals surface area contributed by atoms with Gasteiger partial charge in [-0.15, -0.1) is 0 Å². The summed E-state index contributed by atoms with van der Waals surface area (Å²) < 4.78 is 79.9. The van der Waals surface area contributed by atoms with Crippen LogP contribution in [-0.2, 0) is 40.4 Å². The number of hydrogen-bond donors (Lipinski definition) is 1. The van der Waals surface area contributed by atoms with E-state index in [1.54, 1.807) is 37.3 Å². The molecule has 1 aliphatic rings. The van der Waals surface area contributed by atoms with Crippen molar-refractivity contribution < 1.29 is 30.8 Å². The maximum absolute atomic E-state index is 13.9. The van der Waals surface area contributed by atoms with Crippen LogP contribution < -0.4 is 5.32 Å². The van der Waals surface area contributed by atoms with Crippen molar-refractivity contribution in [3.63, 3.8) is 0 Å². The molecular weight excluding hydrogens is 520 g/mol. The third kappa shape index (κ3) is 5.25. The van der Waals surface area contributed by atoms with E-state index in [1.165, 1.54) is 10.4 Å². The van der Waals surface area contributed by atoms with Gasteiger partial charge in [-0.05, 0) is 59.9 Å². The third-order valence-electron chi connectivity index (χ3n) is 6.00. The summed E-state index contributed by atoms with van der Waals surface area (Å²) in [6.45, 7) is 1.97. The largest absolute Gasteiger partial charge is 0.419 e. The monoisotopic (exact) mass is 540 g/mol. The van der Waals surface area contributed by atoms with Gasteiger partial charge in [-0.25, -0.2) is 12.8 Å². The Kier molecular flexibility index (Phi) is 7.14. The molecule has 1 heterocycles. The van der Waals surface area contributed by atoms with Crippen molar-refractivity contribution in [2.75, 3.05) is 11.9 Å². The van der Waals surface area contributed by atoms with Gasteiger partial charge in [-0.1, -0.05) is 41.9 Å². The molecule has 0 saturated carbocycles. The Morgan fingerprint density at radius 2 is 1.83 bits per heavy atom. The molecule has 3 aromatic rings. The van der Waals surface area contributed by atoms with Crippen LogP contribution in [0.4, 0.5) is 23.2 Å². The number of nitrogens with zero attached hydrogens (tertiary/aromatic N) is 1. The molecule has 0 saturated heterocycles. The average molecular weight is 541 g/mol. The van der Waals surface area contributed by atoms with E-state index in [9.17, 15) is 30.8 Å². The van der Waals surface area contributed by atoms with E-state index in [0.717, 1.165) is 6.07 Å². The molecule has 0 radical (unpaired) electrons. The fraction of sp³-hybridized carbons (Fsp3) is 0.240. The maximum atomic E-state index is 13.9. The van der Waals surface area contributed by atoms with E-state index in [4.69, 9.17) is 11.6 Å². The highest BCUT2D eigenvalue weighted by Gasteiger charge is 2.34. The van der Waals surface area contributed by atoms with Crippen LogP contribution in [0.3, 0.4) is 0 Å². The van der Waals surface area contributed by atoms with Crippen LogP contribution >= 0.6 is 11.6 Å². The van der Waals surface area contributed by atoms with Gasteiger partial charge in [0.15, 0.2) is 0 Å². The maximum Gasteiger partial charge on any atom is 0.419 e. The number of amides is 1. The van der Waals surface area contributed by atoms with Crippen LogP contribution in [0, 0.1) is 12.7 Å². The summed E-state index contributed by atoms with van der Waals surface area (Å²) in [5, 5.41) is 2.89. The summed E-state index contributed by atoms with van der Waals surface area (Å²) in [5.74, 6) is -2.06. The van der Waals surface area contributed by atoms with Gasteiger partial charge in [-0.2, -0.15) is 17.5 Å². The Morgan fingerprint density at radius 1 is 1.11 bits per heavy atom. The minimum Gasteiger partial charge on any atom is -0.324 e. The lowest BCUT2D eigenvalue weighted by atomic mass is 9.98. The molecule has 1 amide bonds. The lowest BCUT2D eigenvalue weighted by molar-refractivity contribution is -0.140. The first kappa shape index (κ1) is 26.1. The molecule has 0 spiro atoms. The summed E-state index contributed by atoms with van der Waals surface area (Å²) in [7, 11) is -3.74. The number of nitrogens with one attached hydrogen (secondary N) is 1. The summed E-state index contributed by atoms with van der Waals surface area (Å²) in [4.78, 5) is 12.9. The number of alkyl halides is 3. The molecule has 3 aromatic carbocycles. The molecule has 0 bridgehead atoms. The number of carbonyl (C=O) groups is 1. The van der Waals surface area contributed by atoms with E-state index < -0.39 is 33.5 Å². The van der Waals surface area contributed by atoms with Crippen LogP contribution in [-0.4, -0.2) is 25.2 Å². The van der Waals surface area contributed by atoms with Crippen LogP contribution in [0.15, 0.2) is 59.5 Å². The number of anilines is 1. The zero-order chi connectivity index (χ0) is 26.3. The van der Waals surface area contributed by atoms with Gasteiger partial charge >= 0.3 is 6.18 Å². The Labute approximate surface area is 210 Å². The smallest absolute Gasteiger partial charge is 0.324 e. The predicted octanol–water partition coefficient (Wildman–Crippen LogP) is 5.73. The van der Waals surface area contributed by atoms with Crippen molar-refractivity contribution in [1.29, 1.82) is 0 Å². The molecule has 0 unspecified atom stereocenters. The molecule has 5 nitrogen and oxygen atoms in total. The van der Waals surface area contributed by atoms with Crippen molar-refractivity contribution >= 4 is 33.2 Å². The Bertz CT molecular complexity index is 1440. The number of hydrogen-bond acceptors (Lipinski definition) is 3. The minimum atomic E-state index is -4.83. The van der Waals surface area contributed by atoms with Gasteiger partial charge in [0, 0.05) is 13.1 Å². The Hall–Kier alpha value is -2.95. The Morgan fingerprint density at radius 3 is 2.50 bits per heavy atom. The van der Waals surface area contributed by atoms with Crippen molar-refractivity contribution in [2.45, 2.75) is 37.4 Å². The molecule has 11 heteroatoms. The molecule has 4 rings (SSSR count). The topological polar surface area (TPSA) is 66.5 Å². The second-order valence-corrected chi connectivity index (χ2v) is 10.8. The van der Waals surface area contributed by atoms with Crippen LogP contribution in [0.25, 0.3) is 0 Å². The first-order chi connectivity index (χ1) is 16.9. The molecule has 0 fully saturated rings. The van der Waals surface area contributed by atoms with Gasteiger partial charge in [0.05, 0.1) is 27.6 Å². The highest BCUT2D eigenvalue weighted by Crippen LogP contribution is 2.35. The summed E-state index contributed by atoms with van der Waals surface area (Å²) >= 11 is 6.32. The third-order valence-corrected chi connectivity index (χ3v) is 8.32. The van der Waals surface area contributed by atoms with Crippen molar-refractivity contribution in [1.82, 2.24) is 4.31 Å². The van der Waals surface area contributed by atoms with Gasteiger partial charge in [-0.3, -0.25) is 4.79 Å². The highest BCUT2D eigenvalue weighted by molar-refractivity contribution is 7.89. The van der Waals surface area contributed by atoms with Crippen molar-refractivity contribution in [2.24, 2.45) is 0 Å². The van der Waals surface area contributed by atoms with Crippen LogP contribution in [0.1, 0.15) is 27.8 Å². The zero-order valence-corrected chi connectivity index (χ0v) is 20.6. The molecule has 36 heavy (non-hydrogen) atoms. The molecular formula is C25H21ClF4N2O3S. The highest BCUT2D eigenvalue weighted by atomic mass is 35.5. The normalized spacial score (nSPS) is 14.4. The standard InChI is InChI=1S/C25H21ClF4N2O3S/c1-15-4-2-3-5-22(15)36(34,35)32-11-10-18-17(14-32)7-9-20(26)24(18)31-23(33)13-16-6-8-19(21(27)12-16)25(28,29)30/h2-9,12H,10-11,13-14H2,1H3,(H,31,33). The number of rotatable bonds is 5. The first-order valence-corrected chi connectivity index (χ1v) is 12.7. The molecule has 190 valence electrons. The van der Waals surface area contributed by atoms with E-state index in [1.807, 2.05) is 0 Å². The summed E-state index contributed by atoms with van der Waals surface area (Å²) in [5.41, 5.74) is 0.933. The SMILES string of the molecule is Cc1ccccc1S(=O)(=O)N1CCc2c(ccc(Cl)c2NC(=O)Cc2ccc(C(F)(F)F)c(F)c2)C1. The fourth-order valence-corrected chi connectivity index (χ4v) is 6.06. The summed E-state index contributed by atoms with van der Waals surface area (Å²) in [6.07, 6.45) is -4.92. The van der Waals surface area contributed by atoms with Gasteiger partial charge < -0.3 is 5.32 Å². The second-order valence-electron chi connectivity index (χ2n) is 8.45. The number of sulfonamides is 1. The van der Waals surface area contributed by atoms with E-state index in [2.05, 4.69) is 5.32 Å². The van der Waals surface area contributed by atoms with Crippen molar-refractivity contribution in [3.05, 3.63) is 93.3 Å². The molecule has 1 N–H and O–H groups in total. The Balaban J connectivity index is 1.54. The average Bonchev–Trinajstić information content (AvgIpc) is 2.80. The van der Waals surface area contributed by atoms with Crippen LogP contribution in [0.2, 0.25) is 5.02 Å². The van der Waals surface area contributed by atoms with Crippen LogP contribution in [0.5, 0.6) is 0 Å². The number of carbonyl (C=O) groups excluding carboxylic acids is 1. The molecule has 0 atom stereocenters. The minimum absolute atomic E-state index is 0.0643. The predicted molar refractivity (Wildman–Crippen MR) is 128 cm³/mol. The number of fused-ring (bicyclic) bond motifs is 1. The van der Waals surface area contributed by atoms with Gasteiger partial charge in [0.2, 0.25) is 15.9 Å². The van der Waals surface area contributed by atoms with Crippen molar-refractivity contribution in [3.8, 4) is 0 Å². The fourth-order valence-electron chi connectivity index (χ4n) is 4.19. The van der Waals surface area contributed by atoms with E-state index in [0.29, 0.717) is 34.5 Å². The van der Waals surface area contributed by atoms with Gasteiger partial charge in [0.25, 0.3) is 0 Å². The summed E-state index contributed by atoms with van der Waals surface area (Å²) in [6, 6.07) is 12.2. The number of aryl methyl sites for hydroxylation is 1. The number of halogens is 5. The zero-order valence-electron chi connectivity index (χ0n) is 19.0. The van der Waals surface area contributed by atoms with E-state index >= 15 is 0 Å². The molecule has 0 aliphatic carbocycles. The second kappa shape index (κ2) is 9.84. The molecule has 0 aromatic heterocycles. The van der Waals surface area contributed by atoms with Gasteiger partial charge in [0.1, 0.15) is 5.82 Å². The lowest BCUT2D eigenvalue weighted by Crippen LogP contribution is -2.36. The number of benzene rings is 3.